The average molecular weight is 376 g/mol. The molecule has 2 aromatic rings. The van der Waals surface area contributed by atoms with Crippen LogP contribution in [-0.4, -0.2) is 33.2 Å². The molecule has 0 spiro atoms. The van der Waals surface area contributed by atoms with Crippen molar-refractivity contribution >= 4 is 5.91 Å². The van der Waals surface area contributed by atoms with Gasteiger partial charge in [-0.3, -0.25) is 9.48 Å². The van der Waals surface area contributed by atoms with E-state index in [1.807, 2.05) is 6.07 Å². The van der Waals surface area contributed by atoms with Crippen LogP contribution in [0.15, 0.2) is 36.5 Å². The monoisotopic (exact) mass is 376 g/mol. The van der Waals surface area contributed by atoms with Crippen LogP contribution in [0.2, 0.25) is 0 Å². The molecule has 142 valence electrons. The summed E-state index contributed by atoms with van der Waals surface area (Å²) < 4.78 is 39.3. The Kier molecular flexibility index (Phi) is 5.49. The molecule has 0 radical (unpaired) electrons. The van der Waals surface area contributed by atoms with Gasteiger partial charge in [-0.05, 0) is 37.1 Å². The minimum absolute atomic E-state index is 0.0564. The first-order chi connectivity index (χ1) is 12.9. The van der Waals surface area contributed by atoms with Crippen molar-refractivity contribution in [2.45, 2.75) is 44.4 Å². The molecule has 1 heterocycles. The maximum Gasteiger partial charge on any atom is 0.435 e. The van der Waals surface area contributed by atoms with Crippen LogP contribution in [0.5, 0.6) is 0 Å². The molecule has 1 aliphatic rings. The minimum Gasteiger partial charge on any atom is -0.334 e. The number of hydrogen-bond acceptors (Lipinski definition) is 3. The zero-order chi connectivity index (χ0) is 19.4. The zero-order valence-electron chi connectivity index (χ0n) is 14.6. The van der Waals surface area contributed by atoms with Crippen LogP contribution >= 0.6 is 0 Å². The predicted molar refractivity (Wildman–Crippen MR) is 91.7 cm³/mol. The minimum atomic E-state index is -4.48. The van der Waals surface area contributed by atoms with E-state index in [-0.39, 0.29) is 25.0 Å². The Balaban J connectivity index is 1.76. The van der Waals surface area contributed by atoms with E-state index in [2.05, 4.69) is 5.10 Å². The van der Waals surface area contributed by atoms with Gasteiger partial charge >= 0.3 is 6.18 Å². The summed E-state index contributed by atoms with van der Waals surface area (Å²) >= 11 is 0. The maximum atomic E-state index is 13.0. The van der Waals surface area contributed by atoms with Crippen LogP contribution in [0.1, 0.15) is 47.3 Å². The Morgan fingerprint density at radius 2 is 2.04 bits per heavy atom. The Morgan fingerprint density at radius 3 is 2.67 bits per heavy atom. The zero-order valence-corrected chi connectivity index (χ0v) is 14.6. The molecule has 1 saturated carbocycles. The van der Waals surface area contributed by atoms with E-state index in [4.69, 9.17) is 5.26 Å². The number of carbonyl (C=O) groups is 1. The molecule has 27 heavy (non-hydrogen) atoms. The summed E-state index contributed by atoms with van der Waals surface area (Å²) in [5.41, 5.74) is -0.130. The van der Waals surface area contributed by atoms with Crippen molar-refractivity contribution in [2.75, 3.05) is 6.54 Å². The second-order valence-corrected chi connectivity index (χ2v) is 6.59. The third-order valence-electron chi connectivity index (χ3n) is 4.77. The number of hydrogen-bond donors (Lipinski definition) is 0. The lowest BCUT2D eigenvalue weighted by Gasteiger charge is -2.29. The number of nitrogens with zero attached hydrogens (tertiary/aromatic N) is 4. The van der Waals surface area contributed by atoms with Crippen molar-refractivity contribution in [1.29, 1.82) is 5.26 Å². The molecule has 0 atom stereocenters. The Bertz CT molecular complexity index is 847. The van der Waals surface area contributed by atoms with Crippen molar-refractivity contribution in [2.24, 2.45) is 0 Å². The van der Waals surface area contributed by atoms with E-state index >= 15 is 0 Å². The Hall–Kier alpha value is -2.82. The molecule has 0 bridgehead atoms. The third-order valence-corrected chi connectivity index (χ3v) is 4.77. The van der Waals surface area contributed by atoms with Gasteiger partial charge < -0.3 is 4.90 Å². The van der Waals surface area contributed by atoms with Crippen LogP contribution in [0.3, 0.4) is 0 Å². The molecule has 1 aliphatic carbocycles. The van der Waals surface area contributed by atoms with E-state index in [1.54, 1.807) is 29.2 Å². The summed E-state index contributed by atoms with van der Waals surface area (Å²) in [4.78, 5) is 14.7. The molecular weight excluding hydrogens is 357 g/mol. The number of alkyl halides is 3. The summed E-state index contributed by atoms with van der Waals surface area (Å²) in [7, 11) is 0. The predicted octanol–water partition coefficient (Wildman–Crippen LogP) is 3.86. The van der Waals surface area contributed by atoms with Gasteiger partial charge in [0.15, 0.2) is 5.69 Å². The Labute approximate surface area is 155 Å². The fourth-order valence-electron chi connectivity index (χ4n) is 3.40. The highest BCUT2D eigenvalue weighted by molar-refractivity contribution is 5.94. The Morgan fingerprint density at radius 1 is 1.30 bits per heavy atom. The smallest absolute Gasteiger partial charge is 0.334 e. The van der Waals surface area contributed by atoms with E-state index in [1.165, 1.54) is 10.9 Å². The highest BCUT2D eigenvalue weighted by atomic mass is 19.4. The molecule has 8 heteroatoms. The van der Waals surface area contributed by atoms with Gasteiger partial charge in [0.1, 0.15) is 0 Å². The number of halogens is 3. The van der Waals surface area contributed by atoms with E-state index in [0.717, 1.165) is 31.7 Å². The SMILES string of the molecule is N#Cc1cccc(C(=O)N(CCn2ccc(C(F)(F)F)n2)C2CCCC2)c1. The number of rotatable bonds is 5. The van der Waals surface area contributed by atoms with Crippen molar-refractivity contribution in [3.05, 3.63) is 53.3 Å². The van der Waals surface area contributed by atoms with Crippen LogP contribution in [0, 0.1) is 11.3 Å². The summed E-state index contributed by atoms with van der Waals surface area (Å²) in [5, 5.41) is 12.6. The standard InChI is InChI=1S/C19H19F3N4O/c20-19(21,22)17-8-9-25(24-17)10-11-26(16-6-1-2-7-16)18(27)15-5-3-4-14(12-15)13-23/h3-5,8-9,12,16H,1-2,6-7,10-11H2. The molecule has 0 N–H and O–H groups in total. The summed E-state index contributed by atoms with van der Waals surface area (Å²) in [6.45, 7) is 0.440. The third kappa shape index (κ3) is 4.48. The number of aromatic nitrogens is 2. The van der Waals surface area contributed by atoms with Gasteiger partial charge in [-0.15, -0.1) is 0 Å². The van der Waals surface area contributed by atoms with Crippen molar-refractivity contribution in [1.82, 2.24) is 14.7 Å². The average Bonchev–Trinajstić information content (AvgIpc) is 3.33. The first-order valence-electron chi connectivity index (χ1n) is 8.80. The fraction of sp³-hybridized carbons (Fsp3) is 0.421. The van der Waals surface area contributed by atoms with Gasteiger partial charge in [-0.1, -0.05) is 18.9 Å². The second-order valence-electron chi connectivity index (χ2n) is 6.59. The molecule has 0 saturated heterocycles. The van der Waals surface area contributed by atoms with Crippen LogP contribution in [0.4, 0.5) is 13.2 Å². The van der Waals surface area contributed by atoms with E-state index in [0.29, 0.717) is 11.1 Å². The first-order valence-corrected chi connectivity index (χ1v) is 8.80. The molecule has 1 amide bonds. The van der Waals surface area contributed by atoms with Gasteiger partial charge in [0.2, 0.25) is 0 Å². The number of nitriles is 1. The van der Waals surface area contributed by atoms with E-state index in [9.17, 15) is 18.0 Å². The molecule has 1 aromatic heterocycles. The molecule has 0 aliphatic heterocycles. The summed E-state index contributed by atoms with van der Waals surface area (Å²) in [5.74, 6) is -0.206. The molecule has 1 fully saturated rings. The van der Waals surface area contributed by atoms with Gasteiger partial charge in [-0.2, -0.15) is 23.5 Å². The summed E-state index contributed by atoms with van der Waals surface area (Å²) in [6, 6.07) is 9.47. The van der Waals surface area contributed by atoms with Gasteiger partial charge in [0.05, 0.1) is 18.2 Å². The second kappa shape index (κ2) is 7.82. The number of carbonyl (C=O) groups excluding carboxylic acids is 1. The quantitative estimate of drug-likeness (QED) is 0.796. The molecule has 3 rings (SSSR count). The number of amides is 1. The molecule has 1 aromatic carbocycles. The highest BCUT2D eigenvalue weighted by Gasteiger charge is 2.33. The lowest BCUT2D eigenvalue weighted by molar-refractivity contribution is -0.141. The van der Waals surface area contributed by atoms with Crippen LogP contribution in [-0.2, 0) is 12.7 Å². The lowest BCUT2D eigenvalue weighted by atomic mass is 10.1. The first kappa shape index (κ1) is 19.0. The normalized spacial score (nSPS) is 14.9. The van der Waals surface area contributed by atoms with Gasteiger partial charge in [0.25, 0.3) is 5.91 Å². The molecule has 0 unspecified atom stereocenters. The largest absolute Gasteiger partial charge is 0.435 e. The lowest BCUT2D eigenvalue weighted by Crippen LogP contribution is -2.41. The van der Waals surface area contributed by atoms with Gasteiger partial charge in [-0.25, -0.2) is 0 Å². The number of benzene rings is 1. The highest BCUT2D eigenvalue weighted by Crippen LogP contribution is 2.28. The van der Waals surface area contributed by atoms with Crippen LogP contribution < -0.4 is 0 Å². The van der Waals surface area contributed by atoms with E-state index < -0.39 is 11.9 Å². The molecule has 5 nitrogen and oxygen atoms in total. The van der Waals surface area contributed by atoms with Gasteiger partial charge in [0, 0.05) is 24.3 Å². The summed E-state index contributed by atoms with van der Waals surface area (Å²) in [6.07, 6.45) is 0.576. The fourth-order valence-corrected chi connectivity index (χ4v) is 3.40. The van der Waals surface area contributed by atoms with Crippen LogP contribution in [0.25, 0.3) is 0 Å². The maximum absolute atomic E-state index is 13.0. The molecular formula is C19H19F3N4O. The van der Waals surface area contributed by atoms with Crippen molar-refractivity contribution < 1.29 is 18.0 Å². The van der Waals surface area contributed by atoms with Crippen molar-refractivity contribution in [3.63, 3.8) is 0 Å². The topological polar surface area (TPSA) is 61.9 Å². The van der Waals surface area contributed by atoms with Crippen molar-refractivity contribution in [3.8, 4) is 6.07 Å².